The van der Waals surface area contributed by atoms with Crippen molar-refractivity contribution >= 4 is 21.6 Å². The van der Waals surface area contributed by atoms with Gasteiger partial charge in [-0.3, -0.25) is 0 Å². The highest BCUT2D eigenvalue weighted by Crippen LogP contribution is 2.48. The zero-order chi connectivity index (χ0) is 11.2. The van der Waals surface area contributed by atoms with Crippen molar-refractivity contribution in [3.05, 3.63) is 40.4 Å². The maximum atomic E-state index is 4.11. The van der Waals surface area contributed by atoms with Gasteiger partial charge in [0.1, 0.15) is 0 Å². The minimum Gasteiger partial charge on any atom is -0.384 e. The van der Waals surface area contributed by atoms with Gasteiger partial charge in [0.05, 0.1) is 0 Å². The van der Waals surface area contributed by atoms with E-state index in [9.17, 15) is 0 Å². The van der Waals surface area contributed by atoms with Gasteiger partial charge < -0.3 is 5.32 Å². The van der Waals surface area contributed by atoms with Crippen LogP contribution in [0.5, 0.6) is 0 Å². The monoisotopic (exact) mass is 277 g/mol. The Morgan fingerprint density at radius 1 is 1.25 bits per heavy atom. The molecule has 1 aliphatic carbocycles. The van der Waals surface area contributed by atoms with Gasteiger partial charge in [0, 0.05) is 22.1 Å². The van der Waals surface area contributed by atoms with E-state index in [0.717, 1.165) is 6.54 Å². The average Bonchev–Trinajstić information content (AvgIpc) is 2.62. The number of halogens is 1. The lowest BCUT2D eigenvalue weighted by atomic mass is 9.70. The van der Waals surface area contributed by atoms with Gasteiger partial charge >= 0.3 is 0 Å². The summed E-state index contributed by atoms with van der Waals surface area (Å²) in [5.41, 5.74) is 4.64. The molecule has 0 aromatic heterocycles. The largest absolute Gasteiger partial charge is 0.384 e. The van der Waals surface area contributed by atoms with E-state index in [1.54, 1.807) is 0 Å². The molecule has 1 fully saturated rings. The zero-order valence-electron chi connectivity index (χ0n) is 9.35. The van der Waals surface area contributed by atoms with E-state index in [-0.39, 0.29) is 0 Å². The summed E-state index contributed by atoms with van der Waals surface area (Å²) in [7, 11) is 0. The first-order valence-corrected chi connectivity index (χ1v) is 6.69. The van der Waals surface area contributed by atoms with Gasteiger partial charge in [-0.25, -0.2) is 0 Å². The van der Waals surface area contributed by atoms with Crippen LogP contribution in [0.15, 0.2) is 34.8 Å². The standard InChI is InChI=1S/C14H16BrN/c1-10-4-6-14(7-5-10)9-16-13-3-2-11(15)8-12(13)14/h2-3,8,16H,1,4-7,9H2. The third-order valence-corrected chi connectivity index (χ3v) is 4.58. The number of rotatable bonds is 0. The van der Waals surface area contributed by atoms with Crippen LogP contribution in [0.4, 0.5) is 5.69 Å². The predicted molar refractivity (Wildman–Crippen MR) is 71.9 cm³/mol. The molecule has 0 bridgehead atoms. The van der Waals surface area contributed by atoms with E-state index < -0.39 is 0 Å². The van der Waals surface area contributed by atoms with Crippen molar-refractivity contribution in [2.45, 2.75) is 31.1 Å². The molecule has 2 heteroatoms. The van der Waals surface area contributed by atoms with Gasteiger partial charge in [0.25, 0.3) is 0 Å². The Kier molecular flexibility index (Phi) is 2.36. The third kappa shape index (κ3) is 1.51. The summed E-state index contributed by atoms with van der Waals surface area (Å²) in [6.07, 6.45) is 4.88. The second-order valence-corrected chi connectivity index (χ2v) is 5.99. The SMILES string of the molecule is C=C1CCC2(CC1)CNc1ccc(Br)cc12. The second-order valence-electron chi connectivity index (χ2n) is 5.07. The summed E-state index contributed by atoms with van der Waals surface area (Å²) < 4.78 is 1.19. The summed E-state index contributed by atoms with van der Waals surface area (Å²) in [4.78, 5) is 0. The highest BCUT2D eigenvalue weighted by Gasteiger charge is 2.40. The van der Waals surface area contributed by atoms with Gasteiger partial charge in [0.2, 0.25) is 0 Å². The summed E-state index contributed by atoms with van der Waals surface area (Å²) in [6, 6.07) is 6.60. The number of anilines is 1. The maximum Gasteiger partial charge on any atom is 0.0380 e. The quantitative estimate of drug-likeness (QED) is 0.700. The van der Waals surface area contributed by atoms with Gasteiger partial charge in [-0.1, -0.05) is 28.1 Å². The Morgan fingerprint density at radius 3 is 2.75 bits per heavy atom. The highest BCUT2D eigenvalue weighted by atomic mass is 79.9. The smallest absolute Gasteiger partial charge is 0.0380 e. The molecule has 3 rings (SSSR count). The van der Waals surface area contributed by atoms with E-state index in [0.29, 0.717) is 5.41 Å². The van der Waals surface area contributed by atoms with Crippen molar-refractivity contribution in [1.29, 1.82) is 0 Å². The van der Waals surface area contributed by atoms with Crippen molar-refractivity contribution in [3.63, 3.8) is 0 Å². The number of allylic oxidation sites excluding steroid dienone is 1. The Morgan fingerprint density at radius 2 is 2.00 bits per heavy atom. The number of benzene rings is 1. The fourth-order valence-electron chi connectivity index (χ4n) is 3.00. The summed E-state index contributed by atoms with van der Waals surface area (Å²) in [5, 5.41) is 3.55. The molecule has 1 N–H and O–H groups in total. The topological polar surface area (TPSA) is 12.0 Å². The molecular formula is C14H16BrN. The lowest BCUT2D eigenvalue weighted by Gasteiger charge is -2.34. The number of hydrogen-bond acceptors (Lipinski definition) is 1. The average molecular weight is 278 g/mol. The van der Waals surface area contributed by atoms with Gasteiger partial charge in [-0.15, -0.1) is 0 Å². The molecule has 2 aliphatic rings. The molecule has 16 heavy (non-hydrogen) atoms. The summed E-state index contributed by atoms with van der Waals surface area (Å²) in [5.74, 6) is 0. The first kappa shape index (κ1) is 10.4. The van der Waals surface area contributed by atoms with Crippen LogP contribution in [0.1, 0.15) is 31.2 Å². The zero-order valence-corrected chi connectivity index (χ0v) is 10.9. The molecule has 1 aliphatic heterocycles. The van der Waals surface area contributed by atoms with Crippen LogP contribution in [0, 0.1) is 0 Å². The second kappa shape index (κ2) is 3.63. The van der Waals surface area contributed by atoms with Crippen LogP contribution < -0.4 is 5.32 Å². The Labute approximate surface area is 105 Å². The fraction of sp³-hybridized carbons (Fsp3) is 0.429. The van der Waals surface area contributed by atoms with Crippen LogP contribution >= 0.6 is 15.9 Å². The van der Waals surface area contributed by atoms with Gasteiger partial charge in [-0.05, 0) is 49.4 Å². The van der Waals surface area contributed by atoms with Crippen molar-refractivity contribution in [1.82, 2.24) is 0 Å². The molecule has 1 aromatic carbocycles. The number of nitrogens with one attached hydrogen (secondary N) is 1. The molecule has 1 nitrogen and oxygen atoms in total. The van der Waals surface area contributed by atoms with Crippen molar-refractivity contribution in [2.24, 2.45) is 0 Å². The summed E-state index contributed by atoms with van der Waals surface area (Å²) in [6.45, 7) is 5.22. The van der Waals surface area contributed by atoms with Crippen LogP contribution in [0.3, 0.4) is 0 Å². The molecule has 0 radical (unpaired) electrons. The molecule has 0 saturated heterocycles. The van der Waals surface area contributed by atoms with Crippen LogP contribution in [-0.2, 0) is 5.41 Å². The normalized spacial score (nSPS) is 21.9. The molecule has 1 aromatic rings. The van der Waals surface area contributed by atoms with Crippen LogP contribution in [-0.4, -0.2) is 6.54 Å². The maximum absolute atomic E-state index is 4.11. The molecule has 84 valence electrons. The minimum absolute atomic E-state index is 0.375. The predicted octanol–water partition coefficient (Wildman–Crippen LogP) is 4.24. The Balaban J connectivity index is 2.01. The van der Waals surface area contributed by atoms with E-state index in [1.165, 1.54) is 47.0 Å². The molecule has 1 saturated carbocycles. The van der Waals surface area contributed by atoms with Gasteiger partial charge in [0.15, 0.2) is 0 Å². The number of fused-ring (bicyclic) bond motifs is 2. The van der Waals surface area contributed by atoms with E-state index in [4.69, 9.17) is 0 Å². The molecule has 1 spiro atoms. The van der Waals surface area contributed by atoms with Crippen molar-refractivity contribution in [3.8, 4) is 0 Å². The lowest BCUT2D eigenvalue weighted by Crippen LogP contribution is -2.31. The lowest BCUT2D eigenvalue weighted by molar-refractivity contribution is 0.364. The van der Waals surface area contributed by atoms with E-state index in [2.05, 4.69) is 46.0 Å². The van der Waals surface area contributed by atoms with E-state index >= 15 is 0 Å². The van der Waals surface area contributed by atoms with Crippen LogP contribution in [0.2, 0.25) is 0 Å². The van der Waals surface area contributed by atoms with Crippen molar-refractivity contribution in [2.75, 3.05) is 11.9 Å². The Hall–Kier alpha value is -0.760. The molecule has 0 unspecified atom stereocenters. The third-order valence-electron chi connectivity index (χ3n) is 4.08. The fourth-order valence-corrected chi connectivity index (χ4v) is 3.36. The molecular weight excluding hydrogens is 262 g/mol. The molecule has 1 heterocycles. The first-order chi connectivity index (χ1) is 7.70. The summed E-state index contributed by atoms with van der Waals surface area (Å²) >= 11 is 3.58. The number of hydrogen-bond donors (Lipinski definition) is 1. The van der Waals surface area contributed by atoms with Crippen LogP contribution in [0.25, 0.3) is 0 Å². The van der Waals surface area contributed by atoms with Gasteiger partial charge in [-0.2, -0.15) is 0 Å². The first-order valence-electron chi connectivity index (χ1n) is 5.90. The minimum atomic E-state index is 0.375. The molecule has 0 amide bonds. The highest BCUT2D eigenvalue weighted by molar-refractivity contribution is 9.10. The Bertz CT molecular complexity index is 440. The van der Waals surface area contributed by atoms with Crippen molar-refractivity contribution < 1.29 is 0 Å². The molecule has 0 atom stereocenters. The van der Waals surface area contributed by atoms with E-state index in [1.807, 2.05) is 0 Å².